The maximum Gasteiger partial charge on any atom is 0.374 e. The molecule has 0 saturated heterocycles. The van der Waals surface area contributed by atoms with Crippen LogP contribution < -0.4 is 5.32 Å². The number of hydrogen-bond acceptors (Lipinski definition) is 4. The minimum atomic E-state index is -1.10. The lowest BCUT2D eigenvalue weighted by Gasteiger charge is -2.12. The zero-order valence-corrected chi connectivity index (χ0v) is 8.69. The fourth-order valence-electron chi connectivity index (χ4n) is 1.90. The SMILES string of the molecule is O=C(O)c1nnc2n1CCCNC2CCF. The summed E-state index contributed by atoms with van der Waals surface area (Å²) in [5.74, 6) is -0.644. The Bertz CT molecular complexity index is 393. The molecule has 7 heteroatoms. The van der Waals surface area contributed by atoms with Crippen molar-refractivity contribution in [3.05, 3.63) is 11.6 Å². The molecule has 0 spiro atoms. The van der Waals surface area contributed by atoms with Gasteiger partial charge in [-0.05, 0) is 19.4 Å². The highest BCUT2D eigenvalue weighted by atomic mass is 19.1. The van der Waals surface area contributed by atoms with Crippen molar-refractivity contribution in [3.63, 3.8) is 0 Å². The van der Waals surface area contributed by atoms with E-state index >= 15 is 0 Å². The first-order valence-electron chi connectivity index (χ1n) is 5.19. The third kappa shape index (κ3) is 1.90. The topological polar surface area (TPSA) is 80.0 Å². The predicted octanol–water partition coefficient (Wildman–Crippen LogP) is 0.370. The molecule has 16 heavy (non-hydrogen) atoms. The molecule has 0 aromatic carbocycles. The van der Waals surface area contributed by atoms with Crippen LogP contribution in [0.1, 0.15) is 35.3 Å². The van der Waals surface area contributed by atoms with Gasteiger partial charge in [-0.25, -0.2) is 4.79 Å². The second-order valence-corrected chi connectivity index (χ2v) is 3.68. The van der Waals surface area contributed by atoms with Crippen LogP contribution >= 0.6 is 0 Å². The van der Waals surface area contributed by atoms with Crippen molar-refractivity contribution >= 4 is 5.97 Å². The average Bonchev–Trinajstić information content (AvgIpc) is 2.58. The highest BCUT2D eigenvalue weighted by Gasteiger charge is 2.25. The van der Waals surface area contributed by atoms with E-state index in [0.29, 0.717) is 12.4 Å². The number of carboxylic acid groups (broad SMARTS) is 1. The zero-order valence-electron chi connectivity index (χ0n) is 8.69. The second kappa shape index (κ2) is 4.56. The van der Waals surface area contributed by atoms with Gasteiger partial charge >= 0.3 is 5.97 Å². The Kier molecular flexibility index (Phi) is 3.14. The molecule has 0 aliphatic carbocycles. The molecule has 1 atom stereocenters. The molecule has 2 N–H and O–H groups in total. The summed E-state index contributed by atoms with van der Waals surface area (Å²) in [5.41, 5.74) is 0. The monoisotopic (exact) mass is 228 g/mol. The van der Waals surface area contributed by atoms with Crippen molar-refractivity contribution in [2.24, 2.45) is 0 Å². The molecular formula is C9H13FN4O2. The van der Waals surface area contributed by atoms with Crippen molar-refractivity contribution in [2.45, 2.75) is 25.4 Å². The number of hydrogen-bond donors (Lipinski definition) is 2. The molecule has 0 bridgehead atoms. The molecule has 0 radical (unpaired) electrons. The number of carbonyl (C=O) groups is 1. The van der Waals surface area contributed by atoms with Crippen molar-refractivity contribution < 1.29 is 14.3 Å². The quantitative estimate of drug-likeness (QED) is 0.781. The van der Waals surface area contributed by atoms with E-state index in [1.807, 2.05) is 0 Å². The van der Waals surface area contributed by atoms with E-state index < -0.39 is 12.6 Å². The Morgan fingerprint density at radius 1 is 1.62 bits per heavy atom. The molecule has 0 amide bonds. The number of nitrogens with zero attached hydrogens (tertiary/aromatic N) is 3. The number of rotatable bonds is 3. The van der Waals surface area contributed by atoms with Gasteiger partial charge in [0.1, 0.15) is 0 Å². The number of nitrogens with one attached hydrogen (secondary N) is 1. The van der Waals surface area contributed by atoms with Gasteiger partial charge in [-0.2, -0.15) is 0 Å². The molecular weight excluding hydrogens is 215 g/mol. The standard InChI is InChI=1S/C9H13FN4O2/c10-3-2-6-7-12-13-8(9(15)16)14(7)5-1-4-11-6/h6,11H,1-5H2,(H,15,16). The predicted molar refractivity (Wildman–Crippen MR) is 52.9 cm³/mol. The number of aromatic carboxylic acids is 1. The molecule has 1 unspecified atom stereocenters. The number of halogens is 1. The highest BCUT2D eigenvalue weighted by Crippen LogP contribution is 2.19. The number of aromatic nitrogens is 3. The summed E-state index contributed by atoms with van der Waals surface area (Å²) in [7, 11) is 0. The van der Waals surface area contributed by atoms with Gasteiger partial charge in [0.25, 0.3) is 0 Å². The number of fused-ring (bicyclic) bond motifs is 1. The fraction of sp³-hybridized carbons (Fsp3) is 0.667. The van der Waals surface area contributed by atoms with Crippen LogP contribution in [0.25, 0.3) is 0 Å². The smallest absolute Gasteiger partial charge is 0.374 e. The summed E-state index contributed by atoms with van der Waals surface area (Å²) in [6.45, 7) is 0.819. The van der Waals surface area contributed by atoms with E-state index in [9.17, 15) is 9.18 Å². The Morgan fingerprint density at radius 2 is 2.44 bits per heavy atom. The molecule has 2 heterocycles. The van der Waals surface area contributed by atoms with Gasteiger partial charge in [0.15, 0.2) is 5.82 Å². The van der Waals surface area contributed by atoms with Crippen LogP contribution in [-0.4, -0.2) is 39.1 Å². The normalized spacial score (nSPS) is 20.2. The summed E-state index contributed by atoms with van der Waals surface area (Å²) in [5, 5.41) is 19.5. The van der Waals surface area contributed by atoms with E-state index in [1.165, 1.54) is 0 Å². The summed E-state index contributed by atoms with van der Waals surface area (Å²) >= 11 is 0. The highest BCUT2D eigenvalue weighted by molar-refractivity contribution is 5.83. The largest absolute Gasteiger partial charge is 0.475 e. The minimum absolute atomic E-state index is 0.0671. The van der Waals surface area contributed by atoms with Crippen molar-refractivity contribution in [2.75, 3.05) is 13.2 Å². The molecule has 6 nitrogen and oxygen atoms in total. The maximum atomic E-state index is 12.4. The van der Waals surface area contributed by atoms with E-state index in [-0.39, 0.29) is 18.3 Å². The van der Waals surface area contributed by atoms with Gasteiger partial charge in [-0.1, -0.05) is 0 Å². The Hall–Kier alpha value is -1.50. The first-order chi connectivity index (χ1) is 7.74. The molecule has 88 valence electrons. The van der Waals surface area contributed by atoms with Crippen LogP contribution in [0.2, 0.25) is 0 Å². The summed E-state index contributed by atoms with van der Waals surface area (Å²) in [6, 6.07) is -0.243. The van der Waals surface area contributed by atoms with Crippen LogP contribution in [0, 0.1) is 0 Å². The van der Waals surface area contributed by atoms with Crippen molar-refractivity contribution in [1.29, 1.82) is 0 Å². The third-order valence-electron chi connectivity index (χ3n) is 2.63. The van der Waals surface area contributed by atoms with E-state index in [0.717, 1.165) is 13.0 Å². The van der Waals surface area contributed by atoms with Crippen LogP contribution in [0.15, 0.2) is 0 Å². The van der Waals surface area contributed by atoms with Gasteiger partial charge in [0, 0.05) is 6.54 Å². The van der Waals surface area contributed by atoms with Crippen molar-refractivity contribution in [3.8, 4) is 0 Å². The van der Waals surface area contributed by atoms with Gasteiger partial charge in [0.2, 0.25) is 5.82 Å². The molecule has 1 aliphatic heterocycles. The molecule has 1 aromatic rings. The molecule has 1 aromatic heterocycles. The van der Waals surface area contributed by atoms with Crippen LogP contribution in [0.3, 0.4) is 0 Å². The first kappa shape index (κ1) is 11.0. The lowest BCUT2D eigenvalue weighted by atomic mass is 10.2. The molecule has 2 rings (SSSR count). The summed E-state index contributed by atoms with van der Waals surface area (Å²) in [6.07, 6.45) is 1.08. The van der Waals surface area contributed by atoms with Gasteiger partial charge in [-0.3, -0.25) is 4.39 Å². The Labute approximate surface area is 91.5 Å². The molecule has 0 saturated carbocycles. The molecule has 0 fully saturated rings. The van der Waals surface area contributed by atoms with Gasteiger partial charge in [-0.15, -0.1) is 10.2 Å². The van der Waals surface area contributed by atoms with Gasteiger partial charge in [0.05, 0.1) is 12.7 Å². The van der Waals surface area contributed by atoms with Gasteiger partial charge < -0.3 is 15.0 Å². The lowest BCUT2D eigenvalue weighted by Crippen LogP contribution is -2.22. The average molecular weight is 228 g/mol. The van der Waals surface area contributed by atoms with E-state index in [4.69, 9.17) is 5.11 Å². The minimum Gasteiger partial charge on any atom is -0.475 e. The number of alkyl halides is 1. The van der Waals surface area contributed by atoms with E-state index in [1.54, 1.807) is 4.57 Å². The Balaban J connectivity index is 2.35. The molecule has 1 aliphatic rings. The first-order valence-corrected chi connectivity index (χ1v) is 5.19. The fourth-order valence-corrected chi connectivity index (χ4v) is 1.90. The van der Waals surface area contributed by atoms with Crippen LogP contribution in [0.4, 0.5) is 4.39 Å². The van der Waals surface area contributed by atoms with E-state index in [2.05, 4.69) is 15.5 Å². The zero-order chi connectivity index (χ0) is 11.5. The maximum absolute atomic E-state index is 12.4. The summed E-state index contributed by atoms with van der Waals surface area (Å²) < 4.78 is 13.9. The third-order valence-corrected chi connectivity index (χ3v) is 2.63. The number of carboxylic acids is 1. The Morgan fingerprint density at radius 3 is 3.12 bits per heavy atom. The van der Waals surface area contributed by atoms with Crippen LogP contribution in [0.5, 0.6) is 0 Å². The lowest BCUT2D eigenvalue weighted by molar-refractivity contribution is 0.0677. The van der Waals surface area contributed by atoms with Crippen LogP contribution in [-0.2, 0) is 6.54 Å². The van der Waals surface area contributed by atoms with Crippen molar-refractivity contribution in [1.82, 2.24) is 20.1 Å². The second-order valence-electron chi connectivity index (χ2n) is 3.68. The summed E-state index contributed by atoms with van der Waals surface area (Å²) in [4.78, 5) is 10.9.